The van der Waals surface area contributed by atoms with Gasteiger partial charge in [-0.15, -0.1) is 0 Å². The first kappa shape index (κ1) is 25.4. The second kappa shape index (κ2) is 14.1. The van der Waals surface area contributed by atoms with Gasteiger partial charge in [-0.05, 0) is 72.8 Å². The summed E-state index contributed by atoms with van der Waals surface area (Å²) in [6.07, 6.45) is 0. The molecule has 7 nitrogen and oxygen atoms in total. The fourth-order valence-electron chi connectivity index (χ4n) is 3.25. The molecule has 34 heavy (non-hydrogen) atoms. The van der Waals surface area contributed by atoms with Crippen LogP contribution in [-0.2, 0) is 14.2 Å². The third kappa shape index (κ3) is 7.66. The van der Waals surface area contributed by atoms with Gasteiger partial charge in [0, 0.05) is 38.4 Å². The molecule has 3 rings (SSSR count). The number of hydrogen-bond donors (Lipinski definition) is 0. The summed E-state index contributed by atoms with van der Waals surface area (Å²) in [7, 11) is 4.98. The maximum Gasteiger partial charge on any atom is 0.119 e. The Morgan fingerprint density at radius 2 is 0.676 bits per heavy atom. The fourth-order valence-corrected chi connectivity index (χ4v) is 3.25. The van der Waals surface area contributed by atoms with Crippen molar-refractivity contribution in [3.05, 3.63) is 72.8 Å². The van der Waals surface area contributed by atoms with Gasteiger partial charge in [0.25, 0.3) is 0 Å². The van der Waals surface area contributed by atoms with E-state index in [2.05, 4.69) is 4.90 Å². The van der Waals surface area contributed by atoms with E-state index in [9.17, 15) is 0 Å². The zero-order valence-corrected chi connectivity index (χ0v) is 20.1. The van der Waals surface area contributed by atoms with E-state index in [0.717, 1.165) is 34.3 Å². The van der Waals surface area contributed by atoms with E-state index in [1.165, 1.54) is 0 Å². The summed E-state index contributed by atoms with van der Waals surface area (Å²) >= 11 is 0. The Morgan fingerprint density at radius 1 is 0.412 bits per heavy atom. The van der Waals surface area contributed by atoms with E-state index in [4.69, 9.17) is 28.4 Å². The normalized spacial score (nSPS) is 10.7. The fraction of sp³-hybridized carbons (Fsp3) is 0.333. The molecule has 0 radical (unpaired) electrons. The first-order chi connectivity index (χ1) is 16.7. The van der Waals surface area contributed by atoms with Crippen LogP contribution < -0.4 is 19.1 Å². The van der Waals surface area contributed by atoms with Crippen LogP contribution in [0.15, 0.2) is 72.8 Å². The van der Waals surface area contributed by atoms with Gasteiger partial charge in [-0.3, -0.25) is 0 Å². The SMILES string of the molecule is COCCOc1ccc(N(c2ccc(OCCOC)cc2)c2ccc(OCCOC)cc2)cc1. The average molecular weight is 468 g/mol. The first-order valence-electron chi connectivity index (χ1n) is 11.2. The maximum absolute atomic E-state index is 5.72. The third-order valence-corrected chi connectivity index (χ3v) is 4.95. The molecule has 0 fully saturated rings. The van der Waals surface area contributed by atoms with E-state index in [-0.39, 0.29) is 0 Å². The van der Waals surface area contributed by atoms with Crippen molar-refractivity contribution in [1.82, 2.24) is 0 Å². The molecule has 0 aliphatic rings. The van der Waals surface area contributed by atoms with Crippen molar-refractivity contribution in [3.8, 4) is 17.2 Å². The van der Waals surface area contributed by atoms with E-state index in [1.54, 1.807) is 21.3 Å². The van der Waals surface area contributed by atoms with Crippen LogP contribution in [-0.4, -0.2) is 61.0 Å². The lowest BCUT2D eigenvalue weighted by atomic mass is 10.2. The molecule has 0 saturated carbocycles. The van der Waals surface area contributed by atoms with E-state index in [1.807, 2.05) is 72.8 Å². The van der Waals surface area contributed by atoms with Crippen LogP contribution in [0.4, 0.5) is 17.1 Å². The number of ether oxygens (including phenoxy) is 6. The molecule has 182 valence electrons. The summed E-state index contributed by atoms with van der Waals surface area (Å²) < 4.78 is 32.3. The molecule has 7 heteroatoms. The lowest BCUT2D eigenvalue weighted by Gasteiger charge is -2.26. The molecule has 0 bridgehead atoms. The van der Waals surface area contributed by atoms with Gasteiger partial charge in [0.05, 0.1) is 19.8 Å². The summed E-state index contributed by atoms with van der Waals surface area (Å²) in [5.74, 6) is 2.39. The van der Waals surface area contributed by atoms with Crippen molar-refractivity contribution < 1.29 is 28.4 Å². The smallest absolute Gasteiger partial charge is 0.119 e. The topological polar surface area (TPSA) is 58.6 Å². The Labute approximate surface area is 201 Å². The van der Waals surface area contributed by atoms with Crippen LogP contribution in [0.25, 0.3) is 0 Å². The van der Waals surface area contributed by atoms with E-state index in [0.29, 0.717) is 39.6 Å². The molecule has 0 amide bonds. The van der Waals surface area contributed by atoms with Gasteiger partial charge in [-0.1, -0.05) is 0 Å². The second-order valence-corrected chi connectivity index (χ2v) is 7.34. The van der Waals surface area contributed by atoms with Crippen molar-refractivity contribution >= 4 is 17.1 Å². The Balaban J connectivity index is 1.83. The van der Waals surface area contributed by atoms with Gasteiger partial charge < -0.3 is 33.3 Å². The molecule has 0 N–H and O–H groups in total. The van der Waals surface area contributed by atoms with Crippen LogP contribution in [0.2, 0.25) is 0 Å². The zero-order chi connectivity index (χ0) is 24.0. The number of nitrogens with zero attached hydrogens (tertiary/aromatic N) is 1. The Hall–Kier alpha value is -3.26. The molecule has 0 aromatic heterocycles. The summed E-state index contributed by atoms with van der Waals surface area (Å²) in [5, 5.41) is 0. The standard InChI is InChI=1S/C27H33NO6/c1-29-16-19-32-25-10-4-22(5-11-25)28(23-6-12-26(13-7-23)33-20-17-30-2)24-8-14-27(15-9-24)34-21-18-31-3/h4-15H,16-21H2,1-3H3. The third-order valence-electron chi connectivity index (χ3n) is 4.95. The van der Waals surface area contributed by atoms with E-state index >= 15 is 0 Å². The lowest BCUT2D eigenvalue weighted by molar-refractivity contribution is 0.146. The molecule has 0 aliphatic carbocycles. The summed E-state index contributed by atoms with van der Waals surface area (Å²) in [5.41, 5.74) is 3.00. The zero-order valence-electron chi connectivity index (χ0n) is 20.1. The molecular weight excluding hydrogens is 434 g/mol. The Morgan fingerprint density at radius 3 is 0.912 bits per heavy atom. The Kier molecular flexibility index (Phi) is 10.5. The molecule has 0 spiro atoms. The quantitative estimate of drug-likeness (QED) is 0.284. The molecule has 0 heterocycles. The molecular formula is C27H33NO6. The van der Waals surface area contributed by atoms with Crippen molar-refractivity contribution in [3.63, 3.8) is 0 Å². The first-order valence-corrected chi connectivity index (χ1v) is 11.2. The monoisotopic (exact) mass is 467 g/mol. The van der Waals surface area contributed by atoms with Crippen molar-refractivity contribution in [2.24, 2.45) is 0 Å². The number of hydrogen-bond acceptors (Lipinski definition) is 7. The molecule has 0 unspecified atom stereocenters. The predicted molar refractivity (Wildman–Crippen MR) is 133 cm³/mol. The minimum atomic E-state index is 0.509. The molecule has 0 aliphatic heterocycles. The largest absolute Gasteiger partial charge is 0.491 e. The highest BCUT2D eigenvalue weighted by Crippen LogP contribution is 2.36. The number of benzene rings is 3. The minimum Gasteiger partial charge on any atom is -0.491 e. The van der Waals surface area contributed by atoms with Crippen LogP contribution in [0, 0.1) is 0 Å². The average Bonchev–Trinajstić information content (AvgIpc) is 2.87. The van der Waals surface area contributed by atoms with Crippen molar-refractivity contribution in [2.75, 3.05) is 65.9 Å². The van der Waals surface area contributed by atoms with E-state index < -0.39 is 0 Å². The predicted octanol–water partition coefficient (Wildman–Crippen LogP) is 5.23. The second-order valence-electron chi connectivity index (χ2n) is 7.34. The van der Waals surface area contributed by atoms with Gasteiger partial charge >= 0.3 is 0 Å². The summed E-state index contributed by atoms with van der Waals surface area (Å²) in [4.78, 5) is 2.16. The minimum absolute atomic E-state index is 0.509. The highest BCUT2D eigenvalue weighted by atomic mass is 16.5. The summed E-state index contributed by atoms with van der Waals surface area (Å²) in [6, 6.07) is 24.0. The number of rotatable bonds is 15. The molecule has 0 saturated heterocycles. The van der Waals surface area contributed by atoms with Crippen LogP contribution in [0.5, 0.6) is 17.2 Å². The number of methoxy groups -OCH3 is 3. The van der Waals surface area contributed by atoms with Gasteiger partial charge in [0.15, 0.2) is 0 Å². The van der Waals surface area contributed by atoms with Crippen molar-refractivity contribution in [1.29, 1.82) is 0 Å². The van der Waals surface area contributed by atoms with Gasteiger partial charge in [-0.25, -0.2) is 0 Å². The lowest BCUT2D eigenvalue weighted by Crippen LogP contribution is -2.11. The molecule has 0 atom stereocenters. The van der Waals surface area contributed by atoms with Crippen LogP contribution in [0.3, 0.4) is 0 Å². The molecule has 3 aromatic rings. The Bertz CT molecular complexity index is 817. The summed E-state index contributed by atoms with van der Waals surface area (Å²) in [6.45, 7) is 3.17. The molecule has 3 aromatic carbocycles. The van der Waals surface area contributed by atoms with Crippen LogP contribution in [0.1, 0.15) is 0 Å². The van der Waals surface area contributed by atoms with Gasteiger partial charge in [0.1, 0.15) is 37.1 Å². The highest BCUT2D eigenvalue weighted by molar-refractivity contribution is 5.77. The maximum atomic E-state index is 5.72. The van der Waals surface area contributed by atoms with Gasteiger partial charge in [0.2, 0.25) is 0 Å². The number of anilines is 3. The van der Waals surface area contributed by atoms with Crippen LogP contribution >= 0.6 is 0 Å². The van der Waals surface area contributed by atoms with Crippen molar-refractivity contribution in [2.45, 2.75) is 0 Å². The van der Waals surface area contributed by atoms with Gasteiger partial charge in [-0.2, -0.15) is 0 Å². The highest BCUT2D eigenvalue weighted by Gasteiger charge is 2.13.